The van der Waals surface area contributed by atoms with Gasteiger partial charge in [-0.1, -0.05) is 32.6 Å². The number of hydrogen-bond donors (Lipinski definition) is 2. The van der Waals surface area contributed by atoms with Crippen LogP contribution in [0, 0.1) is 5.92 Å². The van der Waals surface area contributed by atoms with Crippen LogP contribution in [0.15, 0.2) is 36.9 Å². The maximum absolute atomic E-state index is 11.2. The number of carbonyl (C=O) groups is 1. The van der Waals surface area contributed by atoms with E-state index in [4.69, 9.17) is 4.65 Å². The highest BCUT2D eigenvalue weighted by molar-refractivity contribution is 6.60. The molecule has 0 aliphatic rings. The minimum Gasteiger partial charge on any atom is -0.423 e. The van der Waals surface area contributed by atoms with Gasteiger partial charge in [-0.2, -0.15) is 0 Å². The minimum atomic E-state index is -0.979. The topological polar surface area (TPSA) is 58.6 Å². The standard InChI is InChI=1S/C13H18BNO3/c1-4-13(16)15-12-7-5-6-11(8-12)14(17)18-9-10(2)3/h4-8,10,17H,1,9H2,2-3H3,(H,15,16). The highest BCUT2D eigenvalue weighted by Gasteiger charge is 2.17. The molecule has 0 radical (unpaired) electrons. The molecule has 0 bridgehead atoms. The van der Waals surface area contributed by atoms with Crippen molar-refractivity contribution in [3.63, 3.8) is 0 Å². The Morgan fingerprint density at radius 2 is 2.33 bits per heavy atom. The van der Waals surface area contributed by atoms with Gasteiger partial charge in [0.25, 0.3) is 0 Å². The van der Waals surface area contributed by atoms with Crippen molar-refractivity contribution in [1.82, 2.24) is 0 Å². The van der Waals surface area contributed by atoms with Crippen LogP contribution in [0.2, 0.25) is 0 Å². The first-order chi connectivity index (χ1) is 8.52. The number of anilines is 1. The number of rotatable bonds is 6. The molecule has 0 saturated heterocycles. The van der Waals surface area contributed by atoms with Crippen molar-refractivity contribution in [3.05, 3.63) is 36.9 Å². The summed E-state index contributed by atoms with van der Waals surface area (Å²) in [7, 11) is -0.979. The predicted molar refractivity (Wildman–Crippen MR) is 73.7 cm³/mol. The molecule has 0 unspecified atom stereocenters. The van der Waals surface area contributed by atoms with E-state index in [0.717, 1.165) is 0 Å². The Morgan fingerprint density at radius 3 is 2.94 bits per heavy atom. The molecule has 1 rings (SSSR count). The van der Waals surface area contributed by atoms with E-state index >= 15 is 0 Å². The number of benzene rings is 1. The summed E-state index contributed by atoms with van der Waals surface area (Å²) in [5.41, 5.74) is 1.21. The third-order valence-corrected chi connectivity index (χ3v) is 2.21. The molecular weight excluding hydrogens is 229 g/mol. The molecule has 0 spiro atoms. The van der Waals surface area contributed by atoms with E-state index in [1.165, 1.54) is 6.08 Å². The summed E-state index contributed by atoms with van der Waals surface area (Å²) in [6.45, 7) is 7.87. The van der Waals surface area contributed by atoms with Crippen LogP contribution in [0.5, 0.6) is 0 Å². The monoisotopic (exact) mass is 247 g/mol. The lowest BCUT2D eigenvalue weighted by Gasteiger charge is -2.11. The number of hydrogen-bond acceptors (Lipinski definition) is 3. The van der Waals surface area contributed by atoms with E-state index in [9.17, 15) is 9.82 Å². The Bertz CT molecular complexity index is 420. The highest BCUT2D eigenvalue weighted by atomic mass is 16.5. The van der Waals surface area contributed by atoms with Crippen molar-refractivity contribution in [1.29, 1.82) is 0 Å². The second kappa shape index (κ2) is 6.98. The van der Waals surface area contributed by atoms with Crippen molar-refractivity contribution in [3.8, 4) is 0 Å². The Labute approximate surface area is 108 Å². The maximum Gasteiger partial charge on any atom is 0.491 e. The summed E-state index contributed by atoms with van der Waals surface area (Å²) >= 11 is 0. The fourth-order valence-electron chi connectivity index (χ4n) is 1.34. The zero-order valence-electron chi connectivity index (χ0n) is 10.7. The summed E-state index contributed by atoms with van der Waals surface area (Å²) in [5.74, 6) is 0.0630. The molecule has 0 aliphatic heterocycles. The van der Waals surface area contributed by atoms with Gasteiger partial charge in [-0.15, -0.1) is 0 Å². The molecular formula is C13H18BNO3. The van der Waals surface area contributed by atoms with E-state index in [-0.39, 0.29) is 5.91 Å². The van der Waals surface area contributed by atoms with Crippen LogP contribution in [0.3, 0.4) is 0 Å². The molecule has 1 aromatic rings. The van der Waals surface area contributed by atoms with Crippen LogP contribution >= 0.6 is 0 Å². The molecule has 0 aromatic heterocycles. The van der Waals surface area contributed by atoms with Gasteiger partial charge < -0.3 is 15.0 Å². The lowest BCUT2D eigenvalue weighted by molar-refractivity contribution is -0.111. The first kappa shape index (κ1) is 14.5. The summed E-state index contributed by atoms with van der Waals surface area (Å²) in [6, 6.07) is 6.90. The molecule has 4 nitrogen and oxygen atoms in total. The van der Waals surface area contributed by atoms with Gasteiger partial charge in [-0.05, 0) is 29.6 Å². The predicted octanol–water partition coefficient (Wildman–Crippen LogP) is 1.17. The second-order valence-corrected chi connectivity index (χ2v) is 4.40. The molecule has 0 fully saturated rings. The summed E-state index contributed by atoms with van der Waals surface area (Å²) in [5, 5.41) is 12.5. The Kier molecular flexibility index (Phi) is 5.62. The van der Waals surface area contributed by atoms with Gasteiger partial charge in [-0.3, -0.25) is 4.79 Å². The van der Waals surface area contributed by atoms with Gasteiger partial charge in [0.2, 0.25) is 5.91 Å². The van der Waals surface area contributed by atoms with Crippen molar-refractivity contribution in [2.75, 3.05) is 11.9 Å². The zero-order chi connectivity index (χ0) is 13.5. The van der Waals surface area contributed by atoms with Crippen LogP contribution in [0.1, 0.15) is 13.8 Å². The van der Waals surface area contributed by atoms with E-state index in [0.29, 0.717) is 23.7 Å². The van der Waals surface area contributed by atoms with Crippen LogP contribution in [-0.2, 0) is 9.45 Å². The van der Waals surface area contributed by atoms with Crippen molar-refractivity contribution in [2.45, 2.75) is 13.8 Å². The summed E-state index contributed by atoms with van der Waals surface area (Å²) in [4.78, 5) is 11.2. The smallest absolute Gasteiger partial charge is 0.423 e. The van der Waals surface area contributed by atoms with Gasteiger partial charge in [0, 0.05) is 12.3 Å². The van der Waals surface area contributed by atoms with Crippen molar-refractivity contribution < 1.29 is 14.5 Å². The highest BCUT2D eigenvalue weighted by Crippen LogP contribution is 2.05. The molecule has 18 heavy (non-hydrogen) atoms. The molecule has 0 heterocycles. The van der Waals surface area contributed by atoms with E-state index < -0.39 is 7.12 Å². The largest absolute Gasteiger partial charge is 0.491 e. The van der Waals surface area contributed by atoms with Crippen molar-refractivity contribution in [2.24, 2.45) is 5.92 Å². The molecule has 1 amide bonds. The van der Waals surface area contributed by atoms with Crippen LogP contribution in [0.25, 0.3) is 0 Å². The quantitative estimate of drug-likeness (QED) is 0.586. The number of carbonyl (C=O) groups excluding carboxylic acids is 1. The first-order valence-electron chi connectivity index (χ1n) is 5.86. The van der Waals surface area contributed by atoms with Gasteiger partial charge in [-0.25, -0.2) is 0 Å². The molecule has 0 atom stereocenters. The summed E-state index contributed by atoms with van der Waals surface area (Å²) < 4.78 is 5.30. The first-order valence-corrected chi connectivity index (χ1v) is 5.86. The fourth-order valence-corrected chi connectivity index (χ4v) is 1.34. The molecule has 2 N–H and O–H groups in total. The van der Waals surface area contributed by atoms with Crippen molar-refractivity contribution >= 4 is 24.2 Å². The molecule has 96 valence electrons. The average Bonchev–Trinajstić information content (AvgIpc) is 2.36. The average molecular weight is 247 g/mol. The van der Waals surface area contributed by atoms with Crippen LogP contribution in [0.4, 0.5) is 5.69 Å². The molecule has 1 aromatic carbocycles. The molecule has 0 aliphatic carbocycles. The fraction of sp³-hybridized carbons (Fsp3) is 0.308. The van der Waals surface area contributed by atoms with E-state index in [1.807, 2.05) is 13.8 Å². The van der Waals surface area contributed by atoms with Crippen LogP contribution in [-0.4, -0.2) is 24.7 Å². The minimum absolute atomic E-state index is 0.287. The van der Waals surface area contributed by atoms with E-state index in [2.05, 4.69) is 11.9 Å². The van der Waals surface area contributed by atoms with E-state index in [1.54, 1.807) is 24.3 Å². The van der Waals surface area contributed by atoms with Crippen LogP contribution < -0.4 is 10.8 Å². The Hall–Kier alpha value is -1.59. The summed E-state index contributed by atoms with van der Waals surface area (Å²) in [6.07, 6.45) is 1.19. The molecule has 0 saturated carbocycles. The Morgan fingerprint density at radius 1 is 1.61 bits per heavy atom. The van der Waals surface area contributed by atoms with Gasteiger partial charge in [0.1, 0.15) is 0 Å². The maximum atomic E-state index is 11.2. The number of nitrogens with one attached hydrogen (secondary N) is 1. The number of amides is 1. The SMILES string of the molecule is C=CC(=O)Nc1cccc(B(O)OCC(C)C)c1. The zero-order valence-corrected chi connectivity index (χ0v) is 10.7. The molecule has 5 heteroatoms. The lowest BCUT2D eigenvalue weighted by atomic mass is 9.79. The Balaban J connectivity index is 2.68. The van der Waals surface area contributed by atoms with Gasteiger partial charge >= 0.3 is 7.12 Å². The second-order valence-electron chi connectivity index (χ2n) is 4.40. The third-order valence-electron chi connectivity index (χ3n) is 2.21. The van der Waals surface area contributed by atoms with Gasteiger partial charge in [0.15, 0.2) is 0 Å². The van der Waals surface area contributed by atoms with Gasteiger partial charge in [0.05, 0.1) is 0 Å². The lowest BCUT2D eigenvalue weighted by Crippen LogP contribution is -2.35. The third kappa shape index (κ3) is 4.73. The normalized spacial score (nSPS) is 10.2.